The zero-order valence-electron chi connectivity index (χ0n) is 10.0. The van der Waals surface area contributed by atoms with E-state index >= 15 is 0 Å². The van der Waals surface area contributed by atoms with Gasteiger partial charge in [0.15, 0.2) is 0 Å². The standard InChI is InChI=1S/C13H18N2O2/c1-2-17-11-8-4-7-10(14)12(11)13(16)15-9-5-3-6-9/h4,7-9H,2-3,5-6,14H2,1H3,(H,15,16). The van der Waals surface area contributed by atoms with E-state index in [0.29, 0.717) is 29.6 Å². The maximum Gasteiger partial charge on any atom is 0.257 e. The van der Waals surface area contributed by atoms with Crippen LogP contribution < -0.4 is 15.8 Å². The van der Waals surface area contributed by atoms with E-state index in [1.165, 1.54) is 6.42 Å². The summed E-state index contributed by atoms with van der Waals surface area (Å²) in [7, 11) is 0. The van der Waals surface area contributed by atoms with Crippen LogP contribution in [0.5, 0.6) is 5.75 Å². The van der Waals surface area contributed by atoms with Crippen molar-refractivity contribution in [1.29, 1.82) is 0 Å². The Labute approximate surface area is 101 Å². The van der Waals surface area contributed by atoms with E-state index < -0.39 is 0 Å². The van der Waals surface area contributed by atoms with Crippen molar-refractivity contribution in [3.63, 3.8) is 0 Å². The van der Waals surface area contributed by atoms with Crippen molar-refractivity contribution < 1.29 is 9.53 Å². The van der Waals surface area contributed by atoms with E-state index in [-0.39, 0.29) is 5.91 Å². The SMILES string of the molecule is CCOc1cccc(N)c1C(=O)NC1CCC1. The van der Waals surface area contributed by atoms with Gasteiger partial charge in [-0.3, -0.25) is 4.79 Å². The van der Waals surface area contributed by atoms with Crippen LogP contribution in [0, 0.1) is 0 Å². The molecule has 0 heterocycles. The van der Waals surface area contributed by atoms with Crippen molar-refractivity contribution in [2.24, 2.45) is 0 Å². The monoisotopic (exact) mass is 234 g/mol. The lowest BCUT2D eigenvalue weighted by atomic mass is 9.93. The van der Waals surface area contributed by atoms with Gasteiger partial charge in [-0.2, -0.15) is 0 Å². The first-order chi connectivity index (χ1) is 8.22. The molecule has 0 aromatic heterocycles. The maximum absolute atomic E-state index is 12.1. The molecular formula is C13H18N2O2. The van der Waals surface area contributed by atoms with Crippen LogP contribution in [0.4, 0.5) is 5.69 Å². The molecule has 1 fully saturated rings. The zero-order valence-corrected chi connectivity index (χ0v) is 10.0. The van der Waals surface area contributed by atoms with E-state index in [0.717, 1.165) is 12.8 Å². The van der Waals surface area contributed by atoms with Crippen molar-refractivity contribution in [1.82, 2.24) is 5.32 Å². The van der Waals surface area contributed by atoms with Gasteiger partial charge < -0.3 is 15.8 Å². The van der Waals surface area contributed by atoms with Crippen LogP contribution in [0.25, 0.3) is 0 Å². The van der Waals surface area contributed by atoms with Crippen LogP contribution in [0.15, 0.2) is 18.2 Å². The summed E-state index contributed by atoms with van der Waals surface area (Å²) in [5, 5.41) is 2.97. The number of carbonyl (C=O) groups excluding carboxylic acids is 1. The number of carbonyl (C=O) groups is 1. The van der Waals surface area contributed by atoms with Gasteiger partial charge in [0.1, 0.15) is 11.3 Å². The Morgan fingerprint density at radius 3 is 2.88 bits per heavy atom. The Hall–Kier alpha value is -1.71. The number of ether oxygens (including phenoxy) is 1. The molecule has 0 atom stereocenters. The summed E-state index contributed by atoms with van der Waals surface area (Å²) in [5.74, 6) is 0.431. The van der Waals surface area contributed by atoms with Crippen molar-refractivity contribution in [3.05, 3.63) is 23.8 Å². The van der Waals surface area contributed by atoms with E-state index in [1.54, 1.807) is 18.2 Å². The molecule has 0 unspecified atom stereocenters. The minimum absolute atomic E-state index is 0.128. The minimum Gasteiger partial charge on any atom is -0.493 e. The van der Waals surface area contributed by atoms with Gasteiger partial charge in [-0.1, -0.05) is 6.07 Å². The van der Waals surface area contributed by atoms with Crippen LogP contribution in [-0.2, 0) is 0 Å². The Kier molecular flexibility index (Phi) is 3.52. The third-order valence-corrected chi connectivity index (χ3v) is 3.03. The van der Waals surface area contributed by atoms with E-state index in [1.807, 2.05) is 6.92 Å². The Morgan fingerprint density at radius 1 is 1.53 bits per heavy atom. The number of nitrogens with one attached hydrogen (secondary N) is 1. The molecule has 0 spiro atoms. The lowest BCUT2D eigenvalue weighted by Crippen LogP contribution is -2.39. The van der Waals surface area contributed by atoms with Gasteiger partial charge in [0, 0.05) is 11.7 Å². The number of amides is 1. The van der Waals surface area contributed by atoms with Gasteiger partial charge in [0.2, 0.25) is 0 Å². The highest BCUT2D eigenvalue weighted by Crippen LogP contribution is 2.26. The molecule has 0 saturated heterocycles. The fraction of sp³-hybridized carbons (Fsp3) is 0.462. The molecule has 4 nitrogen and oxygen atoms in total. The fourth-order valence-corrected chi connectivity index (χ4v) is 1.88. The second kappa shape index (κ2) is 5.08. The first kappa shape index (κ1) is 11.8. The molecule has 2 rings (SSSR count). The number of rotatable bonds is 4. The number of nitrogen functional groups attached to an aromatic ring is 1. The number of hydrogen-bond acceptors (Lipinski definition) is 3. The van der Waals surface area contributed by atoms with Gasteiger partial charge in [-0.15, -0.1) is 0 Å². The topological polar surface area (TPSA) is 64.3 Å². The molecule has 0 aliphatic heterocycles. The average Bonchev–Trinajstić information content (AvgIpc) is 2.24. The zero-order chi connectivity index (χ0) is 12.3. The predicted octanol–water partition coefficient (Wildman–Crippen LogP) is 1.95. The highest BCUT2D eigenvalue weighted by molar-refractivity contribution is 6.02. The summed E-state index contributed by atoms with van der Waals surface area (Å²) in [5.41, 5.74) is 6.77. The molecule has 1 aliphatic carbocycles. The molecule has 1 saturated carbocycles. The quantitative estimate of drug-likeness (QED) is 0.783. The van der Waals surface area contributed by atoms with E-state index in [4.69, 9.17) is 10.5 Å². The molecule has 17 heavy (non-hydrogen) atoms. The second-order valence-corrected chi connectivity index (χ2v) is 4.25. The third kappa shape index (κ3) is 2.52. The smallest absolute Gasteiger partial charge is 0.257 e. The summed E-state index contributed by atoms with van der Waals surface area (Å²) in [6.45, 7) is 2.41. The minimum atomic E-state index is -0.128. The summed E-state index contributed by atoms with van der Waals surface area (Å²) in [4.78, 5) is 12.1. The van der Waals surface area contributed by atoms with Crippen LogP contribution in [0.2, 0.25) is 0 Å². The summed E-state index contributed by atoms with van der Waals surface area (Å²) >= 11 is 0. The summed E-state index contributed by atoms with van der Waals surface area (Å²) in [6.07, 6.45) is 3.30. The first-order valence-electron chi connectivity index (χ1n) is 6.04. The number of anilines is 1. The fourth-order valence-electron chi connectivity index (χ4n) is 1.88. The lowest BCUT2D eigenvalue weighted by Gasteiger charge is -2.27. The van der Waals surface area contributed by atoms with Gasteiger partial charge in [0.25, 0.3) is 5.91 Å². The molecule has 1 aliphatic rings. The molecule has 0 radical (unpaired) electrons. The van der Waals surface area contributed by atoms with Crippen LogP contribution in [0.1, 0.15) is 36.5 Å². The van der Waals surface area contributed by atoms with Crippen molar-refractivity contribution >= 4 is 11.6 Å². The molecule has 3 N–H and O–H groups in total. The summed E-state index contributed by atoms with van der Waals surface area (Å²) in [6, 6.07) is 5.59. The number of benzene rings is 1. The van der Waals surface area contributed by atoms with Crippen molar-refractivity contribution in [2.75, 3.05) is 12.3 Å². The van der Waals surface area contributed by atoms with Crippen molar-refractivity contribution in [2.45, 2.75) is 32.2 Å². The lowest BCUT2D eigenvalue weighted by molar-refractivity contribution is 0.0914. The van der Waals surface area contributed by atoms with Gasteiger partial charge in [0.05, 0.1) is 6.61 Å². The second-order valence-electron chi connectivity index (χ2n) is 4.25. The number of nitrogens with two attached hydrogens (primary N) is 1. The van der Waals surface area contributed by atoms with Gasteiger partial charge in [-0.25, -0.2) is 0 Å². The van der Waals surface area contributed by atoms with Gasteiger partial charge in [-0.05, 0) is 38.3 Å². The molecule has 1 aromatic carbocycles. The van der Waals surface area contributed by atoms with E-state index in [9.17, 15) is 4.79 Å². The van der Waals surface area contributed by atoms with Crippen LogP contribution in [-0.4, -0.2) is 18.6 Å². The molecule has 4 heteroatoms. The number of hydrogen-bond donors (Lipinski definition) is 2. The maximum atomic E-state index is 12.1. The molecule has 0 bridgehead atoms. The Bertz CT molecular complexity index is 414. The predicted molar refractivity (Wildman–Crippen MR) is 67.1 cm³/mol. The third-order valence-electron chi connectivity index (χ3n) is 3.03. The molecule has 92 valence electrons. The van der Waals surface area contributed by atoms with Gasteiger partial charge >= 0.3 is 0 Å². The highest BCUT2D eigenvalue weighted by atomic mass is 16.5. The normalized spacial score (nSPS) is 15.1. The van der Waals surface area contributed by atoms with Crippen LogP contribution >= 0.6 is 0 Å². The molecule has 1 aromatic rings. The molecule has 1 amide bonds. The Balaban J connectivity index is 2.19. The first-order valence-corrected chi connectivity index (χ1v) is 6.04. The van der Waals surface area contributed by atoms with E-state index in [2.05, 4.69) is 5.32 Å². The van der Waals surface area contributed by atoms with Crippen LogP contribution in [0.3, 0.4) is 0 Å². The van der Waals surface area contributed by atoms with Crippen molar-refractivity contribution in [3.8, 4) is 5.75 Å². The molecular weight excluding hydrogens is 216 g/mol. The summed E-state index contributed by atoms with van der Waals surface area (Å²) < 4.78 is 5.43. The average molecular weight is 234 g/mol. The Morgan fingerprint density at radius 2 is 2.29 bits per heavy atom. The largest absolute Gasteiger partial charge is 0.493 e. The highest BCUT2D eigenvalue weighted by Gasteiger charge is 2.23.